The summed E-state index contributed by atoms with van der Waals surface area (Å²) < 4.78 is 5.40. The summed E-state index contributed by atoms with van der Waals surface area (Å²) in [6.07, 6.45) is 4.59. The molecule has 4 nitrogen and oxygen atoms in total. The van der Waals surface area contributed by atoms with E-state index in [-0.39, 0.29) is 17.9 Å². The average Bonchev–Trinajstić information content (AvgIpc) is 2.99. The molecule has 1 aromatic rings. The number of fused-ring (bicyclic) bond motifs is 1. The first kappa shape index (κ1) is 15.7. The Balaban J connectivity index is 1.52. The Morgan fingerprint density at radius 2 is 1.95 bits per heavy atom. The highest BCUT2D eigenvalue weighted by molar-refractivity contribution is 5.15. The summed E-state index contributed by atoms with van der Waals surface area (Å²) in [6, 6.07) is 10.1. The van der Waals surface area contributed by atoms with Crippen LogP contribution in [0.4, 0.5) is 0 Å². The number of hydrogen-bond donors (Lipinski definition) is 3. The molecule has 3 rings (SSSR count). The third-order valence-corrected chi connectivity index (χ3v) is 4.82. The van der Waals surface area contributed by atoms with E-state index in [1.807, 2.05) is 24.3 Å². The number of hydrogen-bond acceptors (Lipinski definition) is 4. The van der Waals surface area contributed by atoms with Crippen LogP contribution in [0.25, 0.3) is 0 Å². The second kappa shape index (κ2) is 6.92. The number of benzene rings is 1. The third kappa shape index (κ3) is 3.58. The number of rotatable bonds is 5. The molecule has 6 unspecified atom stereocenters. The van der Waals surface area contributed by atoms with Gasteiger partial charge in [0.05, 0.1) is 18.3 Å². The van der Waals surface area contributed by atoms with E-state index >= 15 is 0 Å². The molecule has 0 aromatic heterocycles. The van der Waals surface area contributed by atoms with Crippen molar-refractivity contribution in [2.45, 2.75) is 50.3 Å². The predicted octanol–water partition coefficient (Wildman–Crippen LogP) is 1.64. The van der Waals surface area contributed by atoms with Gasteiger partial charge < -0.3 is 20.1 Å². The van der Waals surface area contributed by atoms with E-state index in [4.69, 9.17) is 4.74 Å². The van der Waals surface area contributed by atoms with Crippen molar-refractivity contribution in [2.24, 2.45) is 11.8 Å². The fourth-order valence-corrected chi connectivity index (χ4v) is 3.64. The monoisotopic (exact) mass is 304 g/mol. The standard InChI is InChI=1S/C18H24O4/c19-13(7-6-12-4-2-1-3-5-12)8-9-14-15-10-18(21)22-17(15)11-16(14)20/h1-5,8-9,13-21H,6-7,10-11H2. The zero-order valence-corrected chi connectivity index (χ0v) is 12.6. The molecule has 1 heterocycles. The third-order valence-electron chi connectivity index (χ3n) is 4.82. The number of aliphatic hydroxyl groups is 3. The Labute approximate surface area is 131 Å². The zero-order chi connectivity index (χ0) is 15.5. The molecular weight excluding hydrogens is 280 g/mol. The Morgan fingerprint density at radius 3 is 2.73 bits per heavy atom. The van der Waals surface area contributed by atoms with E-state index in [0.717, 1.165) is 6.42 Å². The minimum absolute atomic E-state index is 0.0338. The van der Waals surface area contributed by atoms with Gasteiger partial charge in [-0.05, 0) is 24.3 Å². The molecule has 4 heteroatoms. The summed E-state index contributed by atoms with van der Waals surface area (Å²) in [5.74, 6) is 0.121. The molecular formula is C18H24O4. The van der Waals surface area contributed by atoms with Gasteiger partial charge >= 0.3 is 0 Å². The second-order valence-electron chi connectivity index (χ2n) is 6.39. The molecule has 0 bridgehead atoms. The summed E-state index contributed by atoms with van der Waals surface area (Å²) in [5.41, 5.74) is 1.21. The summed E-state index contributed by atoms with van der Waals surface area (Å²) in [4.78, 5) is 0. The number of aryl methyl sites for hydroxylation is 1. The molecule has 2 aliphatic rings. The summed E-state index contributed by atoms with van der Waals surface area (Å²) in [7, 11) is 0. The van der Waals surface area contributed by atoms with Crippen LogP contribution in [-0.4, -0.2) is 39.9 Å². The molecule has 3 N–H and O–H groups in total. The van der Waals surface area contributed by atoms with Crippen LogP contribution in [0.3, 0.4) is 0 Å². The molecule has 1 aromatic carbocycles. The van der Waals surface area contributed by atoms with E-state index in [1.165, 1.54) is 5.56 Å². The molecule has 0 amide bonds. The van der Waals surface area contributed by atoms with Crippen LogP contribution in [0.2, 0.25) is 0 Å². The van der Waals surface area contributed by atoms with Gasteiger partial charge in [-0.2, -0.15) is 0 Å². The fraction of sp³-hybridized carbons (Fsp3) is 0.556. The molecule has 0 spiro atoms. The van der Waals surface area contributed by atoms with Crippen molar-refractivity contribution in [1.29, 1.82) is 0 Å². The lowest BCUT2D eigenvalue weighted by Crippen LogP contribution is -2.19. The van der Waals surface area contributed by atoms with Gasteiger partial charge in [-0.25, -0.2) is 0 Å². The fourth-order valence-electron chi connectivity index (χ4n) is 3.64. The molecule has 22 heavy (non-hydrogen) atoms. The quantitative estimate of drug-likeness (QED) is 0.723. The van der Waals surface area contributed by atoms with Crippen LogP contribution in [0.1, 0.15) is 24.8 Å². The average molecular weight is 304 g/mol. The van der Waals surface area contributed by atoms with Crippen LogP contribution in [0, 0.1) is 11.8 Å². The molecule has 1 saturated heterocycles. The van der Waals surface area contributed by atoms with Gasteiger partial charge in [0.1, 0.15) is 0 Å². The maximum absolute atomic E-state index is 10.1. The van der Waals surface area contributed by atoms with Gasteiger partial charge in [0.15, 0.2) is 6.29 Å². The predicted molar refractivity (Wildman–Crippen MR) is 83.0 cm³/mol. The van der Waals surface area contributed by atoms with E-state index in [9.17, 15) is 15.3 Å². The highest BCUT2D eigenvalue weighted by Gasteiger charge is 2.47. The zero-order valence-electron chi connectivity index (χ0n) is 12.6. The topological polar surface area (TPSA) is 69.9 Å². The van der Waals surface area contributed by atoms with Crippen LogP contribution in [0.5, 0.6) is 0 Å². The summed E-state index contributed by atoms with van der Waals surface area (Å²) in [6.45, 7) is 0. The Morgan fingerprint density at radius 1 is 1.18 bits per heavy atom. The first-order chi connectivity index (χ1) is 10.6. The van der Waals surface area contributed by atoms with E-state index in [2.05, 4.69) is 12.1 Å². The normalized spacial score (nSPS) is 35.9. The van der Waals surface area contributed by atoms with Crippen molar-refractivity contribution in [3.8, 4) is 0 Å². The van der Waals surface area contributed by atoms with Gasteiger partial charge in [-0.3, -0.25) is 0 Å². The Hall–Kier alpha value is -1.20. The van der Waals surface area contributed by atoms with Crippen LogP contribution in [-0.2, 0) is 11.2 Å². The van der Waals surface area contributed by atoms with Crippen LogP contribution < -0.4 is 0 Å². The lowest BCUT2D eigenvalue weighted by molar-refractivity contribution is -0.0949. The van der Waals surface area contributed by atoms with Gasteiger partial charge in [-0.1, -0.05) is 42.5 Å². The Bertz CT molecular complexity index is 501. The van der Waals surface area contributed by atoms with Gasteiger partial charge in [0.25, 0.3) is 0 Å². The maximum atomic E-state index is 10.1. The molecule has 120 valence electrons. The lowest BCUT2D eigenvalue weighted by Gasteiger charge is -2.16. The van der Waals surface area contributed by atoms with Crippen molar-refractivity contribution < 1.29 is 20.1 Å². The molecule has 1 aliphatic carbocycles. The largest absolute Gasteiger partial charge is 0.392 e. The van der Waals surface area contributed by atoms with Crippen molar-refractivity contribution >= 4 is 0 Å². The first-order valence-electron chi connectivity index (χ1n) is 8.05. The first-order valence-corrected chi connectivity index (χ1v) is 8.05. The molecule has 1 aliphatic heterocycles. The van der Waals surface area contributed by atoms with Crippen molar-refractivity contribution in [3.05, 3.63) is 48.0 Å². The van der Waals surface area contributed by atoms with Crippen LogP contribution >= 0.6 is 0 Å². The van der Waals surface area contributed by atoms with E-state index < -0.39 is 18.5 Å². The molecule has 2 fully saturated rings. The van der Waals surface area contributed by atoms with Crippen molar-refractivity contribution in [2.75, 3.05) is 0 Å². The van der Waals surface area contributed by atoms with E-state index in [0.29, 0.717) is 19.3 Å². The lowest BCUT2D eigenvalue weighted by atomic mass is 9.91. The smallest absolute Gasteiger partial charge is 0.155 e. The minimum atomic E-state index is -0.707. The van der Waals surface area contributed by atoms with Crippen molar-refractivity contribution in [3.63, 3.8) is 0 Å². The minimum Gasteiger partial charge on any atom is -0.392 e. The summed E-state index contributed by atoms with van der Waals surface area (Å²) >= 11 is 0. The maximum Gasteiger partial charge on any atom is 0.155 e. The van der Waals surface area contributed by atoms with Gasteiger partial charge in [0, 0.05) is 18.8 Å². The van der Waals surface area contributed by atoms with Gasteiger partial charge in [0.2, 0.25) is 0 Å². The highest BCUT2D eigenvalue weighted by Crippen LogP contribution is 2.43. The number of ether oxygens (including phenoxy) is 1. The summed E-state index contributed by atoms with van der Waals surface area (Å²) in [5, 5.41) is 29.8. The van der Waals surface area contributed by atoms with Crippen LogP contribution in [0.15, 0.2) is 42.5 Å². The highest BCUT2D eigenvalue weighted by atomic mass is 16.6. The SMILES string of the molecule is OC(C=CC1C(O)CC2OC(O)CC21)CCc1ccccc1. The number of aliphatic hydroxyl groups excluding tert-OH is 3. The molecule has 6 atom stereocenters. The molecule has 0 radical (unpaired) electrons. The Kier molecular flexibility index (Phi) is 4.93. The molecule has 1 saturated carbocycles. The van der Waals surface area contributed by atoms with Gasteiger partial charge in [-0.15, -0.1) is 0 Å². The second-order valence-corrected chi connectivity index (χ2v) is 6.39. The van der Waals surface area contributed by atoms with Crippen molar-refractivity contribution in [1.82, 2.24) is 0 Å². The van der Waals surface area contributed by atoms with E-state index in [1.54, 1.807) is 6.08 Å².